The number of rotatable bonds is 3. The normalized spacial score (nSPS) is 11.1. The SMILES string of the molecule is Cc1csc2nc(-c3cccc(NC(=O)c4ccc(Br)o4)c3)cn12. The zero-order chi connectivity index (χ0) is 16.7. The number of imidazole rings is 1. The fourth-order valence-corrected chi connectivity index (χ4v) is 3.58. The number of hydrogen-bond acceptors (Lipinski definition) is 4. The standard InChI is InChI=1S/C17H12BrN3O2S/c1-10-9-24-17-20-13(8-21(10)17)11-3-2-4-12(7-11)19-16(22)14-5-6-15(18)23-14/h2-9H,1H3,(H,19,22). The zero-order valence-corrected chi connectivity index (χ0v) is 15.0. The van der Waals surface area contributed by atoms with Crippen molar-refractivity contribution in [3.8, 4) is 11.3 Å². The van der Waals surface area contributed by atoms with Crippen LogP contribution in [0.5, 0.6) is 0 Å². The quantitative estimate of drug-likeness (QED) is 0.526. The van der Waals surface area contributed by atoms with E-state index < -0.39 is 0 Å². The highest BCUT2D eigenvalue weighted by Gasteiger charge is 2.12. The van der Waals surface area contributed by atoms with Crippen LogP contribution < -0.4 is 5.32 Å². The summed E-state index contributed by atoms with van der Waals surface area (Å²) in [6.45, 7) is 2.05. The molecule has 0 atom stereocenters. The Morgan fingerprint density at radius 3 is 2.96 bits per heavy atom. The zero-order valence-electron chi connectivity index (χ0n) is 12.6. The molecular weight excluding hydrogens is 390 g/mol. The summed E-state index contributed by atoms with van der Waals surface area (Å²) in [5.74, 6) is -0.0371. The van der Waals surface area contributed by atoms with Gasteiger partial charge in [0.1, 0.15) is 0 Å². The lowest BCUT2D eigenvalue weighted by Crippen LogP contribution is -2.10. The molecule has 0 unspecified atom stereocenters. The molecule has 0 aliphatic heterocycles. The summed E-state index contributed by atoms with van der Waals surface area (Å²) < 4.78 is 7.85. The van der Waals surface area contributed by atoms with Crippen molar-refractivity contribution in [2.45, 2.75) is 6.92 Å². The van der Waals surface area contributed by atoms with E-state index in [-0.39, 0.29) is 11.7 Å². The Labute approximate surface area is 150 Å². The highest BCUT2D eigenvalue weighted by Crippen LogP contribution is 2.25. The first-order valence-electron chi connectivity index (χ1n) is 7.20. The van der Waals surface area contributed by atoms with Crippen LogP contribution >= 0.6 is 27.3 Å². The maximum atomic E-state index is 12.2. The molecule has 7 heteroatoms. The van der Waals surface area contributed by atoms with Crippen LogP contribution in [0.1, 0.15) is 16.2 Å². The van der Waals surface area contributed by atoms with Crippen LogP contribution in [0.25, 0.3) is 16.2 Å². The summed E-state index contributed by atoms with van der Waals surface area (Å²) >= 11 is 4.80. The second kappa shape index (κ2) is 5.92. The van der Waals surface area contributed by atoms with Crippen LogP contribution in [0.15, 0.2) is 57.1 Å². The number of furan rings is 1. The lowest BCUT2D eigenvalue weighted by atomic mass is 10.1. The van der Waals surface area contributed by atoms with Gasteiger partial charge in [0.2, 0.25) is 0 Å². The van der Waals surface area contributed by atoms with Gasteiger partial charge in [0.25, 0.3) is 5.91 Å². The van der Waals surface area contributed by atoms with Crippen molar-refractivity contribution in [1.29, 1.82) is 0 Å². The molecule has 3 heterocycles. The van der Waals surface area contributed by atoms with E-state index >= 15 is 0 Å². The number of aryl methyl sites for hydroxylation is 1. The van der Waals surface area contributed by atoms with Gasteiger partial charge in [0.15, 0.2) is 15.4 Å². The number of fused-ring (bicyclic) bond motifs is 1. The molecule has 0 spiro atoms. The average molecular weight is 402 g/mol. The Morgan fingerprint density at radius 1 is 1.33 bits per heavy atom. The molecule has 4 aromatic rings. The highest BCUT2D eigenvalue weighted by atomic mass is 79.9. The van der Waals surface area contributed by atoms with E-state index in [4.69, 9.17) is 4.42 Å². The summed E-state index contributed by atoms with van der Waals surface area (Å²) in [7, 11) is 0. The van der Waals surface area contributed by atoms with Crippen LogP contribution in [0, 0.1) is 6.92 Å². The number of nitrogens with one attached hydrogen (secondary N) is 1. The molecule has 1 amide bonds. The Hall–Kier alpha value is -2.38. The van der Waals surface area contributed by atoms with Gasteiger partial charge in [-0.05, 0) is 47.1 Å². The van der Waals surface area contributed by atoms with Crippen molar-refractivity contribution in [3.63, 3.8) is 0 Å². The highest BCUT2D eigenvalue weighted by molar-refractivity contribution is 9.10. The third-order valence-corrected chi connectivity index (χ3v) is 4.99. The molecule has 0 saturated heterocycles. The van der Waals surface area contributed by atoms with Gasteiger partial charge < -0.3 is 9.73 Å². The number of hydrogen-bond donors (Lipinski definition) is 1. The molecule has 0 aliphatic rings. The van der Waals surface area contributed by atoms with Crippen LogP contribution in [0.2, 0.25) is 0 Å². The summed E-state index contributed by atoms with van der Waals surface area (Å²) in [5, 5.41) is 4.91. The van der Waals surface area contributed by atoms with Crippen LogP contribution in [0.4, 0.5) is 5.69 Å². The first-order chi connectivity index (χ1) is 11.6. The molecule has 5 nitrogen and oxygen atoms in total. The predicted molar refractivity (Wildman–Crippen MR) is 97.6 cm³/mol. The maximum Gasteiger partial charge on any atom is 0.291 e. The number of amides is 1. The third kappa shape index (κ3) is 2.76. The van der Waals surface area contributed by atoms with Crippen molar-refractivity contribution in [2.24, 2.45) is 0 Å². The molecule has 120 valence electrons. The van der Waals surface area contributed by atoms with Gasteiger partial charge in [-0.2, -0.15) is 0 Å². The molecule has 1 aromatic carbocycles. The number of aromatic nitrogens is 2. The minimum Gasteiger partial charge on any atom is -0.444 e. The molecule has 1 N–H and O–H groups in total. The third-order valence-electron chi connectivity index (χ3n) is 3.60. The maximum absolute atomic E-state index is 12.2. The van der Waals surface area contributed by atoms with Crippen molar-refractivity contribution in [3.05, 3.63) is 64.1 Å². The molecule has 24 heavy (non-hydrogen) atoms. The Kier molecular flexibility index (Phi) is 3.74. The summed E-state index contributed by atoms with van der Waals surface area (Å²) in [6.07, 6.45) is 2.01. The molecule has 0 bridgehead atoms. The van der Waals surface area contributed by atoms with E-state index in [0.717, 1.165) is 21.9 Å². The van der Waals surface area contributed by atoms with E-state index in [2.05, 4.69) is 36.0 Å². The molecule has 0 aliphatic carbocycles. The van der Waals surface area contributed by atoms with E-state index in [9.17, 15) is 4.79 Å². The Morgan fingerprint density at radius 2 is 2.21 bits per heavy atom. The second-order valence-electron chi connectivity index (χ2n) is 5.29. The van der Waals surface area contributed by atoms with Crippen molar-refractivity contribution < 1.29 is 9.21 Å². The molecule has 4 rings (SSSR count). The van der Waals surface area contributed by atoms with Crippen molar-refractivity contribution in [2.75, 3.05) is 5.32 Å². The average Bonchev–Trinajstić information content (AvgIpc) is 3.26. The Balaban J connectivity index is 1.62. The first kappa shape index (κ1) is 15.2. The van der Waals surface area contributed by atoms with Crippen LogP contribution in [0.3, 0.4) is 0 Å². The molecule has 0 saturated carbocycles. The van der Waals surface area contributed by atoms with Gasteiger partial charge in [0, 0.05) is 28.5 Å². The van der Waals surface area contributed by atoms with Gasteiger partial charge in [0.05, 0.1) is 5.69 Å². The monoisotopic (exact) mass is 401 g/mol. The largest absolute Gasteiger partial charge is 0.444 e. The van der Waals surface area contributed by atoms with E-state index in [0.29, 0.717) is 10.4 Å². The number of carbonyl (C=O) groups is 1. The lowest BCUT2D eigenvalue weighted by Gasteiger charge is -2.05. The Bertz CT molecular complexity index is 1050. The number of thiazole rings is 1. The molecular formula is C17H12BrN3O2S. The topological polar surface area (TPSA) is 59.5 Å². The van der Waals surface area contributed by atoms with E-state index in [1.54, 1.807) is 23.5 Å². The molecule has 0 fully saturated rings. The minimum atomic E-state index is -0.292. The number of anilines is 1. The van der Waals surface area contributed by atoms with Crippen LogP contribution in [-0.2, 0) is 0 Å². The fourth-order valence-electron chi connectivity index (χ4n) is 2.42. The van der Waals surface area contributed by atoms with E-state index in [1.807, 2.05) is 37.4 Å². The van der Waals surface area contributed by atoms with Gasteiger partial charge in [-0.15, -0.1) is 11.3 Å². The van der Waals surface area contributed by atoms with E-state index in [1.165, 1.54) is 0 Å². The van der Waals surface area contributed by atoms with Crippen molar-refractivity contribution >= 4 is 43.8 Å². The first-order valence-corrected chi connectivity index (χ1v) is 8.88. The van der Waals surface area contributed by atoms with Gasteiger partial charge >= 0.3 is 0 Å². The number of carbonyl (C=O) groups excluding carboxylic acids is 1. The number of nitrogens with zero attached hydrogens (tertiary/aromatic N) is 2. The number of halogens is 1. The van der Waals surface area contributed by atoms with Crippen molar-refractivity contribution in [1.82, 2.24) is 9.38 Å². The molecule has 0 radical (unpaired) electrons. The van der Waals surface area contributed by atoms with Gasteiger partial charge in [-0.3, -0.25) is 9.20 Å². The lowest BCUT2D eigenvalue weighted by molar-refractivity contribution is 0.0995. The number of benzene rings is 1. The minimum absolute atomic E-state index is 0.255. The smallest absolute Gasteiger partial charge is 0.291 e. The summed E-state index contributed by atoms with van der Waals surface area (Å²) in [6, 6.07) is 10.9. The predicted octanol–water partition coefficient (Wildman–Crippen LogP) is 4.98. The van der Waals surface area contributed by atoms with Gasteiger partial charge in [-0.1, -0.05) is 12.1 Å². The summed E-state index contributed by atoms with van der Waals surface area (Å²) in [4.78, 5) is 17.8. The van der Waals surface area contributed by atoms with Gasteiger partial charge in [-0.25, -0.2) is 4.98 Å². The van der Waals surface area contributed by atoms with Crippen LogP contribution in [-0.4, -0.2) is 15.3 Å². The summed E-state index contributed by atoms with van der Waals surface area (Å²) in [5.41, 5.74) is 3.67. The molecule has 3 aromatic heterocycles. The second-order valence-corrected chi connectivity index (χ2v) is 6.91. The fraction of sp³-hybridized carbons (Fsp3) is 0.0588.